The summed E-state index contributed by atoms with van der Waals surface area (Å²) < 4.78 is 72.1. The molecule has 3 aromatic rings. The fourth-order valence-corrected chi connectivity index (χ4v) is 5.32. The number of benzene rings is 2. The average Bonchev–Trinajstić information content (AvgIpc) is 3.13. The number of carbonyl (C=O) groups is 1. The molecule has 1 amide bonds. The molecule has 4 rings (SSSR count). The van der Waals surface area contributed by atoms with Crippen molar-refractivity contribution in [3.05, 3.63) is 64.6 Å². The number of sulfonamides is 1. The second-order valence-corrected chi connectivity index (χ2v) is 9.57. The van der Waals surface area contributed by atoms with Crippen LogP contribution in [0.25, 0.3) is 11.1 Å². The molecule has 8 nitrogen and oxygen atoms in total. The van der Waals surface area contributed by atoms with E-state index in [0.29, 0.717) is 17.2 Å². The Morgan fingerprint density at radius 1 is 1.03 bits per heavy atom. The summed E-state index contributed by atoms with van der Waals surface area (Å²) in [5.41, 5.74) is -0.239. The molecule has 0 aliphatic carbocycles. The van der Waals surface area contributed by atoms with Crippen molar-refractivity contribution in [3.8, 4) is 0 Å². The number of hydrogen-bond acceptors (Lipinski definition) is 5. The number of oxazole rings is 1. The van der Waals surface area contributed by atoms with E-state index < -0.39 is 38.5 Å². The average molecular weight is 483 g/mol. The smallest absolute Gasteiger partial charge is 0.408 e. The molecule has 12 heteroatoms. The predicted molar refractivity (Wildman–Crippen MR) is 112 cm³/mol. The third-order valence-electron chi connectivity index (χ3n) is 5.61. The van der Waals surface area contributed by atoms with E-state index in [1.165, 1.54) is 9.47 Å². The fraction of sp³-hybridized carbons (Fsp3) is 0.333. The van der Waals surface area contributed by atoms with Crippen LogP contribution in [0.1, 0.15) is 18.5 Å². The number of hydrogen-bond donors (Lipinski definition) is 0. The minimum Gasteiger partial charge on any atom is -0.408 e. The zero-order valence-corrected chi connectivity index (χ0v) is 18.3. The van der Waals surface area contributed by atoms with Crippen LogP contribution in [0.2, 0.25) is 0 Å². The number of rotatable bonds is 4. The molecule has 0 saturated carbocycles. The van der Waals surface area contributed by atoms with E-state index in [2.05, 4.69) is 0 Å². The summed E-state index contributed by atoms with van der Waals surface area (Å²) in [5.74, 6) is -1.07. The van der Waals surface area contributed by atoms with Crippen molar-refractivity contribution in [1.29, 1.82) is 0 Å². The van der Waals surface area contributed by atoms with Gasteiger partial charge in [-0.05, 0) is 37.3 Å². The summed E-state index contributed by atoms with van der Waals surface area (Å²) in [6.07, 6.45) is -4.66. The van der Waals surface area contributed by atoms with Crippen LogP contribution in [0.4, 0.5) is 13.2 Å². The number of halogens is 3. The number of amides is 1. The van der Waals surface area contributed by atoms with Gasteiger partial charge in [-0.25, -0.2) is 13.2 Å². The van der Waals surface area contributed by atoms with Crippen molar-refractivity contribution in [2.45, 2.75) is 24.0 Å². The van der Waals surface area contributed by atoms with Gasteiger partial charge in [-0.1, -0.05) is 18.2 Å². The minimum absolute atomic E-state index is 0.0336. The van der Waals surface area contributed by atoms with Crippen LogP contribution in [0, 0.1) is 0 Å². The Bertz CT molecular complexity index is 1360. The first-order chi connectivity index (χ1) is 15.5. The molecule has 0 bridgehead atoms. The second kappa shape index (κ2) is 8.34. The van der Waals surface area contributed by atoms with Crippen molar-refractivity contribution in [2.24, 2.45) is 0 Å². The maximum absolute atomic E-state index is 13.0. The molecule has 2 heterocycles. The third-order valence-corrected chi connectivity index (χ3v) is 7.51. The molecule has 0 unspecified atom stereocenters. The van der Waals surface area contributed by atoms with Gasteiger partial charge in [0.1, 0.15) is 6.04 Å². The monoisotopic (exact) mass is 483 g/mol. The Hall–Kier alpha value is -3.12. The summed E-state index contributed by atoms with van der Waals surface area (Å²) in [6.45, 7) is 1.45. The van der Waals surface area contributed by atoms with E-state index in [4.69, 9.17) is 4.42 Å². The lowest BCUT2D eigenvalue weighted by Crippen LogP contribution is -2.52. The molecule has 1 fully saturated rings. The highest BCUT2D eigenvalue weighted by atomic mass is 32.2. The lowest BCUT2D eigenvalue weighted by Gasteiger charge is -2.35. The molecule has 1 aliphatic heterocycles. The normalized spacial score (nSPS) is 16.8. The summed E-state index contributed by atoms with van der Waals surface area (Å²) in [6, 6.07) is 9.36. The van der Waals surface area contributed by atoms with Gasteiger partial charge in [-0.15, -0.1) is 0 Å². The molecule has 0 spiro atoms. The highest BCUT2D eigenvalue weighted by Crippen LogP contribution is 2.31. The third kappa shape index (κ3) is 4.27. The lowest BCUT2D eigenvalue weighted by atomic mass is 10.2. The van der Waals surface area contributed by atoms with Gasteiger partial charge in [0.25, 0.3) is 0 Å². The van der Waals surface area contributed by atoms with Crippen LogP contribution in [-0.4, -0.2) is 54.3 Å². The molecule has 33 heavy (non-hydrogen) atoms. The van der Waals surface area contributed by atoms with Gasteiger partial charge >= 0.3 is 11.9 Å². The van der Waals surface area contributed by atoms with Crippen molar-refractivity contribution in [3.63, 3.8) is 0 Å². The van der Waals surface area contributed by atoms with E-state index in [0.717, 1.165) is 22.5 Å². The first-order valence-electron chi connectivity index (χ1n) is 10.1. The molecular weight excluding hydrogens is 463 g/mol. The Kier molecular flexibility index (Phi) is 5.83. The highest BCUT2D eigenvalue weighted by molar-refractivity contribution is 7.89. The lowest BCUT2D eigenvalue weighted by molar-refractivity contribution is -0.138. The van der Waals surface area contributed by atoms with Gasteiger partial charge in [-0.3, -0.25) is 9.36 Å². The standard InChI is InChI=1S/C21H20F3N3O5S/c1-14(27-17-7-2-3-8-18(17)32-20(27)29)19(28)25-9-11-26(12-10-25)33(30,31)16-6-4-5-15(13-16)21(22,23)24/h2-8,13-14H,9-12H2,1H3/t14-/m1/s1. The van der Waals surface area contributed by atoms with Crippen LogP contribution in [0.3, 0.4) is 0 Å². The molecule has 1 aromatic heterocycles. The van der Waals surface area contributed by atoms with Gasteiger partial charge in [0.2, 0.25) is 15.9 Å². The quantitative estimate of drug-likeness (QED) is 0.569. The molecule has 176 valence electrons. The predicted octanol–water partition coefficient (Wildman–Crippen LogP) is 2.71. The Balaban J connectivity index is 1.49. The van der Waals surface area contributed by atoms with Gasteiger partial charge < -0.3 is 9.32 Å². The molecule has 1 atom stereocenters. The zero-order valence-electron chi connectivity index (χ0n) is 17.4. The summed E-state index contributed by atoms with van der Waals surface area (Å²) in [5, 5.41) is 0. The first kappa shape index (κ1) is 23.1. The van der Waals surface area contributed by atoms with E-state index in [1.807, 2.05) is 0 Å². The van der Waals surface area contributed by atoms with Crippen molar-refractivity contribution >= 4 is 27.0 Å². The molecule has 0 radical (unpaired) electrons. The van der Waals surface area contributed by atoms with Crippen LogP contribution in [-0.2, 0) is 21.0 Å². The number of aromatic nitrogens is 1. The van der Waals surface area contributed by atoms with Crippen LogP contribution >= 0.6 is 0 Å². The van der Waals surface area contributed by atoms with Crippen molar-refractivity contribution in [1.82, 2.24) is 13.8 Å². The maximum atomic E-state index is 13.0. The van der Waals surface area contributed by atoms with E-state index in [1.54, 1.807) is 31.2 Å². The largest absolute Gasteiger partial charge is 0.420 e. The first-order valence-corrected chi connectivity index (χ1v) is 11.5. The maximum Gasteiger partial charge on any atom is 0.420 e. The van der Waals surface area contributed by atoms with Crippen molar-refractivity contribution < 1.29 is 30.8 Å². The fourth-order valence-electron chi connectivity index (χ4n) is 3.86. The van der Waals surface area contributed by atoms with E-state index in [9.17, 15) is 31.2 Å². The van der Waals surface area contributed by atoms with Crippen molar-refractivity contribution in [2.75, 3.05) is 26.2 Å². The SMILES string of the molecule is C[C@H](C(=O)N1CCN(S(=O)(=O)c2cccc(C(F)(F)F)c2)CC1)n1c(=O)oc2ccccc21. The molecule has 1 saturated heterocycles. The Morgan fingerprint density at radius 2 is 1.70 bits per heavy atom. The van der Waals surface area contributed by atoms with Crippen LogP contribution in [0.15, 0.2) is 62.6 Å². The number of alkyl halides is 3. The van der Waals surface area contributed by atoms with Gasteiger partial charge in [0, 0.05) is 26.2 Å². The number of piperazine rings is 1. The van der Waals surface area contributed by atoms with Gasteiger partial charge in [-0.2, -0.15) is 17.5 Å². The highest BCUT2D eigenvalue weighted by Gasteiger charge is 2.35. The molecule has 1 aliphatic rings. The number of carbonyl (C=O) groups excluding carboxylic acids is 1. The van der Waals surface area contributed by atoms with E-state index in [-0.39, 0.29) is 32.1 Å². The zero-order chi connectivity index (χ0) is 24.0. The van der Waals surface area contributed by atoms with Gasteiger partial charge in [0.15, 0.2) is 5.58 Å². The second-order valence-electron chi connectivity index (χ2n) is 7.64. The molecule has 2 aromatic carbocycles. The summed E-state index contributed by atoms with van der Waals surface area (Å²) >= 11 is 0. The Morgan fingerprint density at radius 3 is 2.36 bits per heavy atom. The topological polar surface area (TPSA) is 92.8 Å². The molecular formula is C21H20F3N3O5S. The minimum atomic E-state index is -4.66. The number of fused-ring (bicyclic) bond motifs is 1. The Labute approximate surface area is 186 Å². The summed E-state index contributed by atoms with van der Waals surface area (Å²) in [7, 11) is -4.17. The number of nitrogens with zero attached hydrogens (tertiary/aromatic N) is 3. The summed E-state index contributed by atoms with van der Waals surface area (Å²) in [4.78, 5) is 26.2. The van der Waals surface area contributed by atoms with Crippen LogP contribution < -0.4 is 5.76 Å². The van der Waals surface area contributed by atoms with Gasteiger partial charge in [0.05, 0.1) is 16.0 Å². The van der Waals surface area contributed by atoms with E-state index >= 15 is 0 Å². The molecule has 0 N–H and O–H groups in total. The number of para-hydroxylation sites is 2. The van der Waals surface area contributed by atoms with Crippen LogP contribution in [0.5, 0.6) is 0 Å².